The molecule has 1 atom stereocenters. The Balaban J connectivity index is 1.44. The van der Waals surface area contributed by atoms with E-state index in [0.29, 0.717) is 24.6 Å². The normalized spacial score (nSPS) is 17.1. The maximum atomic E-state index is 13.0. The maximum absolute atomic E-state index is 13.0. The molecule has 6 nitrogen and oxygen atoms in total. The van der Waals surface area contributed by atoms with Crippen molar-refractivity contribution in [3.63, 3.8) is 0 Å². The molecule has 0 spiro atoms. The summed E-state index contributed by atoms with van der Waals surface area (Å²) in [6.45, 7) is 5.41. The molecule has 0 bridgehead atoms. The van der Waals surface area contributed by atoms with Gasteiger partial charge in [-0.2, -0.15) is 5.10 Å². The molecule has 0 unspecified atom stereocenters. The summed E-state index contributed by atoms with van der Waals surface area (Å²) in [5.41, 5.74) is 1.76. The summed E-state index contributed by atoms with van der Waals surface area (Å²) in [4.78, 5) is 19.4. The van der Waals surface area contributed by atoms with Crippen LogP contribution in [-0.2, 0) is 6.42 Å². The van der Waals surface area contributed by atoms with Crippen LogP contribution in [0.5, 0.6) is 0 Å². The van der Waals surface area contributed by atoms with Crippen molar-refractivity contribution in [2.45, 2.75) is 45.1 Å². The first-order valence-corrected chi connectivity index (χ1v) is 10.4. The molecule has 1 fully saturated rings. The van der Waals surface area contributed by atoms with Gasteiger partial charge in [0, 0.05) is 36.8 Å². The van der Waals surface area contributed by atoms with Gasteiger partial charge in [0.2, 0.25) is 0 Å². The fourth-order valence-electron chi connectivity index (χ4n) is 3.82. The van der Waals surface area contributed by atoms with Crippen LogP contribution in [0, 0.1) is 0 Å². The molecule has 0 radical (unpaired) electrons. The zero-order valence-corrected chi connectivity index (χ0v) is 17.5. The minimum absolute atomic E-state index is 0.0221. The predicted octanol–water partition coefficient (Wildman–Crippen LogP) is 4.72. The second-order valence-electron chi connectivity index (χ2n) is 7.81. The predicted molar refractivity (Wildman–Crippen MR) is 111 cm³/mol. The lowest BCUT2D eigenvalue weighted by molar-refractivity contribution is 0.0683. The van der Waals surface area contributed by atoms with Crippen molar-refractivity contribution in [2.24, 2.45) is 0 Å². The van der Waals surface area contributed by atoms with Gasteiger partial charge in [0.25, 0.3) is 5.91 Å². The Labute approximate surface area is 175 Å². The van der Waals surface area contributed by atoms with Crippen molar-refractivity contribution in [3.8, 4) is 0 Å². The first-order chi connectivity index (χ1) is 14.0. The number of halogens is 1. The van der Waals surface area contributed by atoms with Gasteiger partial charge in [0.05, 0.1) is 12.1 Å². The number of oxazole rings is 1. The maximum Gasteiger partial charge on any atom is 0.272 e. The average molecular weight is 413 g/mol. The van der Waals surface area contributed by atoms with E-state index in [9.17, 15) is 4.79 Å². The van der Waals surface area contributed by atoms with Crippen LogP contribution in [0.25, 0.3) is 0 Å². The molecule has 3 aromatic rings. The first kappa shape index (κ1) is 19.7. The van der Waals surface area contributed by atoms with Gasteiger partial charge in [-0.1, -0.05) is 23.7 Å². The van der Waals surface area contributed by atoms with Crippen LogP contribution in [0.15, 0.2) is 47.1 Å². The van der Waals surface area contributed by atoms with Crippen LogP contribution in [-0.4, -0.2) is 38.7 Å². The molecule has 1 saturated heterocycles. The first-order valence-electron chi connectivity index (χ1n) is 10.0. The molecule has 7 heteroatoms. The van der Waals surface area contributed by atoms with Crippen molar-refractivity contribution in [3.05, 3.63) is 70.7 Å². The van der Waals surface area contributed by atoms with Crippen molar-refractivity contribution < 1.29 is 9.21 Å². The van der Waals surface area contributed by atoms with Gasteiger partial charge in [0.1, 0.15) is 11.5 Å². The number of aromatic nitrogens is 3. The third-order valence-electron chi connectivity index (χ3n) is 5.30. The van der Waals surface area contributed by atoms with Crippen molar-refractivity contribution in [1.29, 1.82) is 0 Å². The largest absolute Gasteiger partial charge is 0.445 e. The number of hydrogen-bond donors (Lipinski definition) is 0. The molecule has 1 aromatic carbocycles. The Bertz CT molecular complexity index is 977. The highest BCUT2D eigenvalue weighted by molar-refractivity contribution is 6.30. The van der Waals surface area contributed by atoms with E-state index in [0.717, 1.165) is 35.7 Å². The van der Waals surface area contributed by atoms with Gasteiger partial charge in [-0.15, -0.1) is 0 Å². The minimum Gasteiger partial charge on any atom is -0.445 e. The van der Waals surface area contributed by atoms with Crippen molar-refractivity contribution in [2.75, 3.05) is 13.1 Å². The smallest absolute Gasteiger partial charge is 0.272 e. The average Bonchev–Trinajstić information content (AvgIpc) is 3.39. The van der Waals surface area contributed by atoms with E-state index < -0.39 is 0 Å². The molecule has 1 aliphatic heterocycles. The molecule has 0 N–H and O–H groups in total. The summed E-state index contributed by atoms with van der Waals surface area (Å²) in [5.74, 6) is 1.67. The molecular formula is C22H25ClN4O2. The van der Waals surface area contributed by atoms with Crippen LogP contribution < -0.4 is 0 Å². The SMILES string of the molecule is CC(C)n1nccc1C(=O)N1CCC[C@@H](c2ncc(Cc3ccc(Cl)cc3)o2)C1. The van der Waals surface area contributed by atoms with E-state index in [-0.39, 0.29) is 17.9 Å². The lowest BCUT2D eigenvalue weighted by Gasteiger charge is -2.31. The molecule has 29 heavy (non-hydrogen) atoms. The Kier molecular flexibility index (Phi) is 5.72. The van der Waals surface area contributed by atoms with Crippen LogP contribution in [0.2, 0.25) is 5.02 Å². The summed E-state index contributed by atoms with van der Waals surface area (Å²) in [5, 5.41) is 5.01. The van der Waals surface area contributed by atoms with E-state index in [1.54, 1.807) is 23.1 Å². The quantitative estimate of drug-likeness (QED) is 0.608. The summed E-state index contributed by atoms with van der Waals surface area (Å²) in [7, 11) is 0. The second kappa shape index (κ2) is 8.41. The Morgan fingerprint density at radius 3 is 2.83 bits per heavy atom. The number of piperidine rings is 1. The number of benzene rings is 1. The van der Waals surface area contributed by atoms with Gasteiger partial charge < -0.3 is 9.32 Å². The molecule has 4 rings (SSSR count). The number of hydrogen-bond acceptors (Lipinski definition) is 4. The number of carbonyl (C=O) groups is 1. The number of nitrogens with zero attached hydrogens (tertiary/aromatic N) is 4. The van der Waals surface area contributed by atoms with Gasteiger partial charge in [-0.3, -0.25) is 9.48 Å². The fourth-order valence-corrected chi connectivity index (χ4v) is 3.94. The van der Waals surface area contributed by atoms with Crippen molar-refractivity contribution >= 4 is 17.5 Å². The zero-order chi connectivity index (χ0) is 20.4. The zero-order valence-electron chi connectivity index (χ0n) is 16.7. The number of carbonyl (C=O) groups excluding carboxylic acids is 1. The molecule has 3 heterocycles. The molecule has 152 valence electrons. The Hall–Kier alpha value is -2.60. The third-order valence-corrected chi connectivity index (χ3v) is 5.55. The van der Waals surface area contributed by atoms with E-state index in [1.165, 1.54) is 0 Å². The number of amides is 1. The van der Waals surface area contributed by atoms with Gasteiger partial charge in [-0.05, 0) is 50.5 Å². The number of rotatable bonds is 5. The molecular weight excluding hydrogens is 388 g/mol. The number of likely N-dealkylation sites (tertiary alicyclic amines) is 1. The summed E-state index contributed by atoms with van der Waals surface area (Å²) in [6.07, 6.45) is 6.05. The van der Waals surface area contributed by atoms with Crippen LogP contribution in [0.3, 0.4) is 0 Å². The van der Waals surface area contributed by atoms with Gasteiger partial charge in [-0.25, -0.2) is 4.98 Å². The summed E-state index contributed by atoms with van der Waals surface area (Å²) < 4.78 is 7.82. The van der Waals surface area contributed by atoms with E-state index in [4.69, 9.17) is 16.0 Å². The topological polar surface area (TPSA) is 64.2 Å². The highest BCUT2D eigenvalue weighted by Crippen LogP contribution is 2.28. The Morgan fingerprint density at radius 1 is 1.28 bits per heavy atom. The van der Waals surface area contributed by atoms with E-state index >= 15 is 0 Å². The third kappa shape index (κ3) is 4.37. The molecule has 0 aliphatic carbocycles. The van der Waals surface area contributed by atoms with Gasteiger partial charge >= 0.3 is 0 Å². The van der Waals surface area contributed by atoms with E-state index in [2.05, 4.69) is 10.1 Å². The molecule has 0 saturated carbocycles. The summed E-state index contributed by atoms with van der Waals surface area (Å²) in [6, 6.07) is 9.67. The molecule has 1 aliphatic rings. The lowest BCUT2D eigenvalue weighted by atomic mass is 9.97. The van der Waals surface area contributed by atoms with Crippen molar-refractivity contribution in [1.82, 2.24) is 19.7 Å². The molecule has 2 aromatic heterocycles. The standard InChI is InChI=1S/C22H25ClN4O2/c1-15(2)27-20(9-10-25-27)22(28)26-11-3-4-17(14-26)21-24-13-19(29-21)12-16-5-7-18(23)8-6-16/h5-10,13,15,17H,3-4,11-12,14H2,1-2H3/t17-/m1/s1. The second-order valence-corrected chi connectivity index (χ2v) is 8.25. The Morgan fingerprint density at radius 2 is 2.07 bits per heavy atom. The highest BCUT2D eigenvalue weighted by Gasteiger charge is 2.30. The van der Waals surface area contributed by atoms with Crippen LogP contribution in [0.4, 0.5) is 0 Å². The van der Waals surface area contributed by atoms with Crippen LogP contribution in [0.1, 0.15) is 66.4 Å². The molecule has 1 amide bonds. The van der Waals surface area contributed by atoms with Crippen LogP contribution >= 0.6 is 11.6 Å². The monoisotopic (exact) mass is 412 g/mol. The lowest BCUT2D eigenvalue weighted by Crippen LogP contribution is -2.40. The highest BCUT2D eigenvalue weighted by atomic mass is 35.5. The fraction of sp³-hybridized carbons (Fsp3) is 0.409. The summed E-state index contributed by atoms with van der Waals surface area (Å²) >= 11 is 5.95. The van der Waals surface area contributed by atoms with Gasteiger partial charge in [0.15, 0.2) is 5.89 Å². The minimum atomic E-state index is 0.0221. The van der Waals surface area contributed by atoms with E-state index in [1.807, 2.05) is 43.0 Å².